The number of carboxylic acids is 1. The van der Waals surface area contributed by atoms with Gasteiger partial charge >= 0.3 is 5.97 Å². The van der Waals surface area contributed by atoms with E-state index < -0.39 is 5.97 Å². The molecule has 6 nitrogen and oxygen atoms in total. The fourth-order valence-corrected chi connectivity index (χ4v) is 1.12. The zero-order valence-corrected chi connectivity index (χ0v) is 8.97. The zero-order chi connectivity index (χ0) is 11.3. The number of carbonyl (C=O) groups is 1. The van der Waals surface area contributed by atoms with Crippen LogP contribution in [-0.4, -0.2) is 32.6 Å². The van der Waals surface area contributed by atoms with E-state index in [1.54, 1.807) is 6.20 Å². The van der Waals surface area contributed by atoms with Crippen molar-refractivity contribution in [3.05, 3.63) is 11.9 Å². The first kappa shape index (κ1) is 11.6. The first-order valence-corrected chi connectivity index (χ1v) is 4.89. The molecule has 15 heavy (non-hydrogen) atoms. The normalized spacial score (nSPS) is 10.9. The molecule has 0 spiro atoms. The minimum Gasteiger partial charge on any atom is -0.480 e. The lowest BCUT2D eigenvalue weighted by atomic mass is 10.2. The summed E-state index contributed by atoms with van der Waals surface area (Å²) in [5.41, 5.74) is 0.761. The molecule has 0 saturated heterocycles. The summed E-state index contributed by atoms with van der Waals surface area (Å²) in [6.07, 6.45) is 1.64. The highest BCUT2D eigenvalue weighted by Crippen LogP contribution is 1.94. The Hall–Kier alpha value is -1.43. The standard InChI is InChI=1S/C9H16N4O2/c1-7(2)3-10-4-8-5-13(12-11-8)6-9(14)15/h5,7,10H,3-4,6H2,1-2H3,(H,14,15). The van der Waals surface area contributed by atoms with E-state index in [0.717, 1.165) is 12.2 Å². The molecule has 0 fully saturated rings. The molecule has 0 aromatic carbocycles. The lowest BCUT2D eigenvalue weighted by Gasteiger charge is -2.04. The van der Waals surface area contributed by atoms with Crippen LogP contribution < -0.4 is 5.32 Å². The van der Waals surface area contributed by atoms with Gasteiger partial charge in [-0.3, -0.25) is 4.79 Å². The van der Waals surface area contributed by atoms with Gasteiger partial charge in [-0.25, -0.2) is 4.68 Å². The van der Waals surface area contributed by atoms with Crippen molar-refractivity contribution in [3.63, 3.8) is 0 Å². The summed E-state index contributed by atoms with van der Waals surface area (Å²) in [6.45, 7) is 5.63. The van der Waals surface area contributed by atoms with Gasteiger partial charge in [0.25, 0.3) is 0 Å². The molecule has 1 aromatic rings. The monoisotopic (exact) mass is 212 g/mol. The smallest absolute Gasteiger partial charge is 0.325 e. The lowest BCUT2D eigenvalue weighted by Crippen LogP contribution is -2.19. The van der Waals surface area contributed by atoms with Gasteiger partial charge in [0.2, 0.25) is 0 Å². The lowest BCUT2D eigenvalue weighted by molar-refractivity contribution is -0.137. The second-order valence-corrected chi connectivity index (χ2v) is 3.83. The Labute approximate surface area is 88.3 Å². The molecule has 1 heterocycles. The maximum atomic E-state index is 10.4. The van der Waals surface area contributed by atoms with Gasteiger partial charge in [0, 0.05) is 6.54 Å². The minimum absolute atomic E-state index is 0.142. The number of aliphatic carboxylic acids is 1. The quantitative estimate of drug-likeness (QED) is 0.699. The van der Waals surface area contributed by atoms with Crippen molar-refractivity contribution >= 4 is 5.97 Å². The molecule has 84 valence electrons. The van der Waals surface area contributed by atoms with Crippen molar-refractivity contribution in [1.29, 1.82) is 0 Å². The van der Waals surface area contributed by atoms with E-state index in [2.05, 4.69) is 29.5 Å². The summed E-state index contributed by atoms with van der Waals surface area (Å²) in [5.74, 6) is -0.333. The van der Waals surface area contributed by atoms with Crippen LogP contribution in [0, 0.1) is 5.92 Å². The highest BCUT2D eigenvalue weighted by Gasteiger charge is 2.03. The van der Waals surface area contributed by atoms with Crippen LogP contribution in [0.3, 0.4) is 0 Å². The van der Waals surface area contributed by atoms with Crippen LogP contribution in [0.4, 0.5) is 0 Å². The number of nitrogens with one attached hydrogen (secondary N) is 1. The van der Waals surface area contributed by atoms with Crippen LogP contribution in [0.2, 0.25) is 0 Å². The SMILES string of the molecule is CC(C)CNCc1cn(CC(=O)O)nn1. The minimum atomic E-state index is -0.915. The number of hydrogen-bond acceptors (Lipinski definition) is 4. The number of hydrogen-bond donors (Lipinski definition) is 2. The van der Waals surface area contributed by atoms with Crippen LogP contribution in [0.1, 0.15) is 19.5 Å². The Balaban J connectivity index is 2.36. The molecule has 1 aromatic heterocycles. The average Bonchev–Trinajstić information content (AvgIpc) is 2.50. The van der Waals surface area contributed by atoms with Crippen LogP contribution in [0.5, 0.6) is 0 Å². The predicted octanol–water partition coefficient (Wildman–Crippen LogP) is 0.108. The molecule has 0 bridgehead atoms. The molecule has 0 saturated carbocycles. The Morgan fingerprint density at radius 2 is 2.40 bits per heavy atom. The van der Waals surface area contributed by atoms with Gasteiger partial charge in [-0.05, 0) is 12.5 Å². The Morgan fingerprint density at radius 3 is 3.00 bits per heavy atom. The van der Waals surface area contributed by atoms with Gasteiger partial charge in [-0.1, -0.05) is 19.1 Å². The second-order valence-electron chi connectivity index (χ2n) is 3.83. The molecule has 0 aliphatic heterocycles. The summed E-state index contributed by atoms with van der Waals surface area (Å²) >= 11 is 0. The largest absolute Gasteiger partial charge is 0.480 e. The second kappa shape index (κ2) is 5.45. The van der Waals surface area contributed by atoms with Gasteiger partial charge in [0.05, 0.1) is 11.9 Å². The predicted molar refractivity (Wildman–Crippen MR) is 54.2 cm³/mol. The van der Waals surface area contributed by atoms with E-state index >= 15 is 0 Å². The van der Waals surface area contributed by atoms with Gasteiger partial charge in [0.1, 0.15) is 6.54 Å². The van der Waals surface area contributed by atoms with Gasteiger partial charge in [-0.15, -0.1) is 5.10 Å². The van der Waals surface area contributed by atoms with E-state index in [4.69, 9.17) is 5.11 Å². The Morgan fingerprint density at radius 1 is 1.67 bits per heavy atom. The molecule has 0 aliphatic carbocycles. The molecule has 2 N–H and O–H groups in total. The number of aromatic nitrogens is 3. The Bertz CT molecular complexity index is 322. The fourth-order valence-electron chi connectivity index (χ4n) is 1.12. The number of nitrogens with zero attached hydrogens (tertiary/aromatic N) is 3. The number of rotatable bonds is 6. The third kappa shape index (κ3) is 4.55. The van der Waals surface area contributed by atoms with Crippen LogP contribution in [0.15, 0.2) is 6.20 Å². The summed E-state index contributed by atoms with van der Waals surface area (Å²) in [6, 6.07) is 0. The maximum absolute atomic E-state index is 10.4. The van der Waals surface area contributed by atoms with Gasteiger partial charge in [0.15, 0.2) is 0 Å². The zero-order valence-electron chi connectivity index (χ0n) is 8.97. The van der Waals surface area contributed by atoms with Crippen molar-refractivity contribution in [2.24, 2.45) is 5.92 Å². The van der Waals surface area contributed by atoms with Gasteiger partial charge in [-0.2, -0.15) is 0 Å². The summed E-state index contributed by atoms with van der Waals surface area (Å²) in [7, 11) is 0. The molecule has 0 aliphatic rings. The first-order valence-electron chi connectivity index (χ1n) is 4.89. The van der Waals surface area contributed by atoms with Crippen molar-refractivity contribution in [2.45, 2.75) is 26.9 Å². The molecule has 0 atom stereocenters. The van der Waals surface area contributed by atoms with Crippen LogP contribution in [0.25, 0.3) is 0 Å². The third-order valence-corrected chi connectivity index (χ3v) is 1.74. The van der Waals surface area contributed by atoms with Crippen LogP contribution in [-0.2, 0) is 17.9 Å². The molecule has 0 unspecified atom stereocenters. The fraction of sp³-hybridized carbons (Fsp3) is 0.667. The molecule has 0 radical (unpaired) electrons. The maximum Gasteiger partial charge on any atom is 0.325 e. The van der Waals surface area contributed by atoms with E-state index in [-0.39, 0.29) is 6.54 Å². The van der Waals surface area contributed by atoms with E-state index in [1.807, 2.05) is 0 Å². The Kier molecular flexibility index (Phi) is 4.23. The van der Waals surface area contributed by atoms with Gasteiger partial charge < -0.3 is 10.4 Å². The molecule has 6 heteroatoms. The summed E-state index contributed by atoms with van der Waals surface area (Å²) in [4.78, 5) is 10.4. The average molecular weight is 212 g/mol. The first-order chi connectivity index (χ1) is 7.08. The molecule has 1 rings (SSSR count). The highest BCUT2D eigenvalue weighted by atomic mass is 16.4. The van der Waals surface area contributed by atoms with E-state index in [1.165, 1.54) is 4.68 Å². The highest BCUT2D eigenvalue weighted by molar-refractivity contribution is 5.66. The topological polar surface area (TPSA) is 80.0 Å². The molecule has 0 amide bonds. The van der Waals surface area contributed by atoms with Crippen LogP contribution >= 0.6 is 0 Å². The summed E-state index contributed by atoms with van der Waals surface area (Å²) in [5, 5.41) is 19.3. The van der Waals surface area contributed by atoms with Crippen molar-refractivity contribution in [2.75, 3.05) is 6.54 Å². The number of carboxylic acid groups (broad SMARTS) is 1. The van der Waals surface area contributed by atoms with Crippen molar-refractivity contribution < 1.29 is 9.90 Å². The third-order valence-electron chi connectivity index (χ3n) is 1.74. The molecular formula is C9H16N4O2. The van der Waals surface area contributed by atoms with E-state index in [9.17, 15) is 4.79 Å². The summed E-state index contributed by atoms with van der Waals surface area (Å²) < 4.78 is 1.31. The molecular weight excluding hydrogens is 196 g/mol. The van der Waals surface area contributed by atoms with Crippen molar-refractivity contribution in [1.82, 2.24) is 20.3 Å². The van der Waals surface area contributed by atoms with Crippen molar-refractivity contribution in [3.8, 4) is 0 Å². The van der Waals surface area contributed by atoms with E-state index in [0.29, 0.717) is 12.5 Å².